The molecular formula is C9H20N2O2. The molecule has 4 heteroatoms. The van der Waals surface area contributed by atoms with Crippen molar-refractivity contribution in [2.75, 3.05) is 13.1 Å². The Hall–Kier alpha value is -0.610. The average Bonchev–Trinajstić information content (AvgIpc) is 2.13. The lowest BCUT2D eigenvalue weighted by molar-refractivity contribution is -0.129. The zero-order valence-electron chi connectivity index (χ0n) is 8.63. The molecule has 0 aromatic carbocycles. The van der Waals surface area contributed by atoms with E-state index >= 15 is 0 Å². The summed E-state index contributed by atoms with van der Waals surface area (Å²) in [5, 5.41) is 11.7. The van der Waals surface area contributed by atoms with Crippen LogP contribution in [0.2, 0.25) is 0 Å². The van der Waals surface area contributed by atoms with E-state index in [1.807, 2.05) is 0 Å². The molecule has 0 aromatic heterocycles. The molecule has 13 heavy (non-hydrogen) atoms. The Kier molecular flexibility index (Phi) is 4.95. The fourth-order valence-electron chi connectivity index (χ4n) is 0.676. The fraction of sp³-hybridized carbons (Fsp3) is 0.889. The normalized spacial score (nSPS) is 13.9. The zero-order valence-corrected chi connectivity index (χ0v) is 8.63. The highest BCUT2D eigenvalue weighted by molar-refractivity contribution is 5.80. The number of carbonyl (C=O) groups is 1. The lowest BCUT2D eigenvalue weighted by atomic mass is 9.90. The minimum Gasteiger partial charge on any atom is -0.382 e. The molecule has 1 amide bonds. The number of carbonyl (C=O) groups excluding carboxylic acids is 1. The second-order valence-electron chi connectivity index (χ2n) is 3.99. The van der Waals surface area contributed by atoms with Gasteiger partial charge in [-0.05, 0) is 11.8 Å². The molecule has 0 saturated heterocycles. The summed E-state index contributed by atoms with van der Waals surface area (Å²) in [5.41, 5.74) is 5.21. The minimum atomic E-state index is -1.08. The van der Waals surface area contributed by atoms with Crippen molar-refractivity contribution in [1.29, 1.82) is 0 Å². The summed E-state index contributed by atoms with van der Waals surface area (Å²) in [4.78, 5) is 11.1. The molecule has 78 valence electrons. The maximum atomic E-state index is 11.1. The molecule has 0 aliphatic carbocycles. The van der Waals surface area contributed by atoms with Crippen LogP contribution in [-0.2, 0) is 4.79 Å². The summed E-state index contributed by atoms with van der Waals surface area (Å²) < 4.78 is 0. The van der Waals surface area contributed by atoms with Gasteiger partial charge in [0, 0.05) is 13.1 Å². The maximum absolute atomic E-state index is 11.1. The van der Waals surface area contributed by atoms with E-state index < -0.39 is 6.10 Å². The number of aliphatic hydroxyl groups excluding tert-OH is 1. The third-order valence-corrected chi connectivity index (χ3v) is 2.22. The molecule has 4 N–H and O–H groups in total. The van der Waals surface area contributed by atoms with Gasteiger partial charge in [0.15, 0.2) is 0 Å². The van der Waals surface area contributed by atoms with E-state index in [1.165, 1.54) is 0 Å². The number of amides is 1. The van der Waals surface area contributed by atoms with E-state index in [0.29, 0.717) is 6.54 Å². The smallest absolute Gasteiger partial charge is 0.250 e. The van der Waals surface area contributed by atoms with E-state index in [9.17, 15) is 4.79 Å². The molecule has 0 fully saturated rings. The molecule has 0 heterocycles. The Bertz CT molecular complexity index is 169. The largest absolute Gasteiger partial charge is 0.382 e. The van der Waals surface area contributed by atoms with E-state index in [1.54, 1.807) is 0 Å². The first-order chi connectivity index (χ1) is 5.93. The number of hydrogen-bond donors (Lipinski definition) is 3. The Morgan fingerprint density at radius 3 is 2.54 bits per heavy atom. The second kappa shape index (κ2) is 5.19. The van der Waals surface area contributed by atoms with Crippen LogP contribution in [0.3, 0.4) is 0 Å². The molecule has 4 nitrogen and oxygen atoms in total. The van der Waals surface area contributed by atoms with Crippen molar-refractivity contribution < 1.29 is 9.90 Å². The van der Waals surface area contributed by atoms with Gasteiger partial charge in [-0.25, -0.2) is 0 Å². The van der Waals surface area contributed by atoms with Crippen molar-refractivity contribution in [3.8, 4) is 0 Å². The van der Waals surface area contributed by atoms with Crippen LogP contribution in [0.5, 0.6) is 0 Å². The van der Waals surface area contributed by atoms with Crippen LogP contribution in [-0.4, -0.2) is 30.2 Å². The summed E-state index contributed by atoms with van der Waals surface area (Å²) in [6.07, 6.45) is -0.0981. The molecule has 0 aromatic rings. The van der Waals surface area contributed by atoms with E-state index in [0.717, 1.165) is 6.42 Å². The van der Waals surface area contributed by atoms with E-state index in [2.05, 4.69) is 26.1 Å². The van der Waals surface area contributed by atoms with Gasteiger partial charge in [-0.15, -0.1) is 0 Å². The number of nitrogens with one attached hydrogen (secondary N) is 1. The first-order valence-corrected chi connectivity index (χ1v) is 4.59. The first kappa shape index (κ1) is 12.4. The Labute approximate surface area is 79.5 Å². The maximum Gasteiger partial charge on any atom is 0.250 e. The first-order valence-electron chi connectivity index (χ1n) is 4.59. The van der Waals surface area contributed by atoms with Gasteiger partial charge in [0.05, 0.1) is 0 Å². The van der Waals surface area contributed by atoms with Gasteiger partial charge in [0.25, 0.3) is 0 Å². The van der Waals surface area contributed by atoms with Crippen LogP contribution in [0.25, 0.3) is 0 Å². The number of nitrogens with two attached hydrogens (primary N) is 1. The van der Waals surface area contributed by atoms with Crippen LogP contribution in [0.4, 0.5) is 0 Å². The summed E-state index contributed by atoms with van der Waals surface area (Å²) in [5.74, 6) is -0.385. The zero-order chi connectivity index (χ0) is 10.5. The van der Waals surface area contributed by atoms with Gasteiger partial charge in [-0.1, -0.05) is 20.8 Å². The molecule has 1 unspecified atom stereocenters. The third kappa shape index (κ3) is 4.85. The summed E-state index contributed by atoms with van der Waals surface area (Å²) >= 11 is 0. The summed E-state index contributed by atoms with van der Waals surface area (Å²) in [6.45, 7) is 6.72. The lowest BCUT2D eigenvalue weighted by Gasteiger charge is -2.23. The molecule has 0 aliphatic heterocycles. The number of hydrogen-bond acceptors (Lipinski definition) is 3. The fourth-order valence-corrected chi connectivity index (χ4v) is 0.676. The Balaban J connectivity index is 3.83. The highest BCUT2D eigenvalue weighted by atomic mass is 16.3. The molecule has 0 spiro atoms. The SMILES string of the molecule is CCC(C)(C)CNC(=O)C(O)CN. The van der Waals surface area contributed by atoms with E-state index in [4.69, 9.17) is 10.8 Å². The second-order valence-corrected chi connectivity index (χ2v) is 3.99. The average molecular weight is 188 g/mol. The van der Waals surface area contributed by atoms with Crippen molar-refractivity contribution >= 4 is 5.91 Å². The van der Waals surface area contributed by atoms with Gasteiger partial charge in [-0.2, -0.15) is 0 Å². The van der Waals surface area contributed by atoms with Gasteiger partial charge >= 0.3 is 0 Å². The summed E-state index contributed by atoms with van der Waals surface area (Å²) in [6, 6.07) is 0. The Morgan fingerprint density at radius 2 is 2.15 bits per heavy atom. The topological polar surface area (TPSA) is 75.3 Å². The van der Waals surface area contributed by atoms with Gasteiger partial charge in [0.1, 0.15) is 6.10 Å². The van der Waals surface area contributed by atoms with Crippen molar-refractivity contribution in [3.05, 3.63) is 0 Å². The van der Waals surface area contributed by atoms with Crippen molar-refractivity contribution in [2.24, 2.45) is 11.1 Å². The predicted octanol–water partition coefficient (Wildman–Crippen LogP) is -0.142. The van der Waals surface area contributed by atoms with Crippen LogP contribution < -0.4 is 11.1 Å². The highest BCUT2D eigenvalue weighted by Crippen LogP contribution is 2.17. The molecule has 0 radical (unpaired) electrons. The standard InChI is InChI=1S/C9H20N2O2/c1-4-9(2,3)6-11-8(13)7(12)5-10/h7,12H,4-6,10H2,1-3H3,(H,11,13). The van der Waals surface area contributed by atoms with Gasteiger partial charge in [-0.3, -0.25) is 4.79 Å². The van der Waals surface area contributed by atoms with Gasteiger partial charge < -0.3 is 16.2 Å². The molecule has 0 saturated carbocycles. The summed E-state index contributed by atoms with van der Waals surface area (Å²) in [7, 11) is 0. The quantitative estimate of drug-likeness (QED) is 0.562. The third-order valence-electron chi connectivity index (χ3n) is 2.22. The monoisotopic (exact) mass is 188 g/mol. The van der Waals surface area contributed by atoms with Crippen molar-refractivity contribution in [3.63, 3.8) is 0 Å². The van der Waals surface area contributed by atoms with Crippen LogP contribution >= 0.6 is 0 Å². The predicted molar refractivity (Wildman–Crippen MR) is 52.1 cm³/mol. The van der Waals surface area contributed by atoms with Crippen LogP contribution in [0.15, 0.2) is 0 Å². The lowest BCUT2D eigenvalue weighted by Crippen LogP contribution is -2.42. The molecule has 0 rings (SSSR count). The van der Waals surface area contributed by atoms with Crippen LogP contribution in [0.1, 0.15) is 27.2 Å². The van der Waals surface area contributed by atoms with Crippen molar-refractivity contribution in [1.82, 2.24) is 5.32 Å². The van der Waals surface area contributed by atoms with E-state index in [-0.39, 0.29) is 17.9 Å². The Morgan fingerprint density at radius 1 is 1.62 bits per heavy atom. The molecular weight excluding hydrogens is 168 g/mol. The minimum absolute atomic E-state index is 0.0294. The molecule has 0 bridgehead atoms. The number of rotatable bonds is 5. The number of aliphatic hydroxyl groups is 1. The van der Waals surface area contributed by atoms with Crippen molar-refractivity contribution in [2.45, 2.75) is 33.3 Å². The van der Waals surface area contributed by atoms with Crippen LogP contribution in [0, 0.1) is 5.41 Å². The van der Waals surface area contributed by atoms with Gasteiger partial charge in [0.2, 0.25) is 5.91 Å². The molecule has 0 aliphatic rings. The molecule has 1 atom stereocenters. The highest BCUT2D eigenvalue weighted by Gasteiger charge is 2.18.